The van der Waals surface area contributed by atoms with Crippen molar-refractivity contribution in [3.8, 4) is 17.0 Å². The monoisotopic (exact) mass is 278 g/mol. The predicted octanol–water partition coefficient (Wildman–Crippen LogP) is 2.27. The third-order valence-electron chi connectivity index (χ3n) is 3.32. The molecule has 0 N–H and O–H groups in total. The summed E-state index contributed by atoms with van der Waals surface area (Å²) in [4.78, 5) is 15.9. The lowest BCUT2D eigenvalue weighted by atomic mass is 10.0. The third-order valence-corrected chi connectivity index (χ3v) is 3.32. The number of carbonyl (C=O) groups excluding carboxylic acids is 1. The molecule has 104 valence electrons. The number of para-hydroxylation sites is 2. The van der Waals surface area contributed by atoms with Gasteiger partial charge in [-0.05, 0) is 24.3 Å². The van der Waals surface area contributed by atoms with Crippen molar-refractivity contribution in [3.63, 3.8) is 0 Å². The first kappa shape index (κ1) is 13.1. The Morgan fingerprint density at radius 3 is 2.57 bits per heavy atom. The standard InChI is InChI=1S/C17H13NO3/c1-21-16-9-5-3-7-12(16)15-10-13(17(19)20)11-6-2-4-8-14(11)18-15/h2-10H,1H3,(H,19,20)/p-1. The van der Waals surface area contributed by atoms with E-state index in [1.54, 1.807) is 25.3 Å². The zero-order valence-corrected chi connectivity index (χ0v) is 11.4. The van der Waals surface area contributed by atoms with E-state index in [1.165, 1.54) is 6.07 Å². The molecule has 0 saturated heterocycles. The number of methoxy groups -OCH3 is 1. The summed E-state index contributed by atoms with van der Waals surface area (Å²) in [5.41, 5.74) is 2.03. The maximum Gasteiger partial charge on any atom is 0.128 e. The second-order valence-corrected chi connectivity index (χ2v) is 4.56. The zero-order chi connectivity index (χ0) is 14.8. The van der Waals surface area contributed by atoms with Crippen LogP contribution < -0.4 is 9.84 Å². The van der Waals surface area contributed by atoms with Crippen LogP contribution in [0, 0.1) is 0 Å². The van der Waals surface area contributed by atoms with Gasteiger partial charge >= 0.3 is 0 Å². The quantitative estimate of drug-likeness (QED) is 0.737. The highest BCUT2D eigenvalue weighted by Crippen LogP contribution is 2.30. The van der Waals surface area contributed by atoms with Crippen LogP contribution in [-0.4, -0.2) is 18.1 Å². The van der Waals surface area contributed by atoms with E-state index in [0.29, 0.717) is 22.3 Å². The van der Waals surface area contributed by atoms with Gasteiger partial charge < -0.3 is 14.6 Å². The summed E-state index contributed by atoms with van der Waals surface area (Å²) in [6, 6.07) is 16.0. The molecule has 0 atom stereocenters. The number of rotatable bonds is 3. The Morgan fingerprint density at radius 1 is 1.10 bits per heavy atom. The van der Waals surface area contributed by atoms with Gasteiger partial charge in [-0.2, -0.15) is 0 Å². The fraction of sp³-hybridized carbons (Fsp3) is 0.0588. The molecule has 0 radical (unpaired) electrons. The predicted molar refractivity (Wildman–Crippen MR) is 78.1 cm³/mol. The molecule has 0 aliphatic heterocycles. The van der Waals surface area contributed by atoms with Crippen LogP contribution >= 0.6 is 0 Å². The third kappa shape index (κ3) is 2.31. The number of ether oxygens (including phenoxy) is 1. The molecule has 4 nitrogen and oxygen atoms in total. The van der Waals surface area contributed by atoms with Crippen LogP contribution in [0.4, 0.5) is 0 Å². The molecule has 0 saturated carbocycles. The molecule has 0 aliphatic carbocycles. The van der Waals surface area contributed by atoms with Crippen LogP contribution in [-0.2, 0) is 0 Å². The molecule has 3 aromatic rings. The Bertz CT molecular complexity index is 827. The van der Waals surface area contributed by atoms with Gasteiger partial charge in [0.2, 0.25) is 0 Å². The van der Waals surface area contributed by atoms with Gasteiger partial charge in [-0.15, -0.1) is 0 Å². The van der Waals surface area contributed by atoms with Crippen molar-refractivity contribution in [1.82, 2.24) is 4.98 Å². The largest absolute Gasteiger partial charge is 0.545 e. The molecule has 0 aliphatic rings. The lowest BCUT2D eigenvalue weighted by Gasteiger charge is -2.12. The lowest BCUT2D eigenvalue weighted by Crippen LogP contribution is -2.22. The van der Waals surface area contributed by atoms with Gasteiger partial charge in [0.05, 0.1) is 24.3 Å². The Hall–Kier alpha value is -2.88. The number of benzene rings is 2. The summed E-state index contributed by atoms with van der Waals surface area (Å²) >= 11 is 0. The van der Waals surface area contributed by atoms with Crippen LogP contribution in [0.3, 0.4) is 0 Å². The van der Waals surface area contributed by atoms with Crippen molar-refractivity contribution < 1.29 is 14.6 Å². The summed E-state index contributed by atoms with van der Waals surface area (Å²) in [6.45, 7) is 0. The molecular formula is C17H12NO3-. The van der Waals surface area contributed by atoms with E-state index in [4.69, 9.17) is 4.74 Å². The first-order valence-electron chi connectivity index (χ1n) is 6.45. The fourth-order valence-electron chi connectivity index (χ4n) is 2.34. The molecule has 0 fully saturated rings. The molecule has 21 heavy (non-hydrogen) atoms. The minimum atomic E-state index is -1.22. The number of hydrogen-bond acceptors (Lipinski definition) is 4. The number of carboxylic acid groups (broad SMARTS) is 1. The number of aromatic nitrogens is 1. The Morgan fingerprint density at radius 2 is 1.81 bits per heavy atom. The van der Waals surface area contributed by atoms with Crippen LogP contribution in [0.25, 0.3) is 22.2 Å². The molecule has 1 heterocycles. The van der Waals surface area contributed by atoms with E-state index in [0.717, 1.165) is 5.56 Å². The molecule has 2 aromatic carbocycles. The summed E-state index contributed by atoms with van der Waals surface area (Å²) in [5.74, 6) is -0.575. The van der Waals surface area contributed by atoms with E-state index in [9.17, 15) is 9.90 Å². The van der Waals surface area contributed by atoms with E-state index >= 15 is 0 Å². The van der Waals surface area contributed by atoms with E-state index < -0.39 is 5.97 Å². The minimum Gasteiger partial charge on any atom is -0.545 e. The van der Waals surface area contributed by atoms with Crippen molar-refractivity contribution in [1.29, 1.82) is 0 Å². The fourth-order valence-corrected chi connectivity index (χ4v) is 2.34. The molecule has 0 spiro atoms. The Balaban J connectivity index is 2.31. The smallest absolute Gasteiger partial charge is 0.128 e. The number of fused-ring (bicyclic) bond motifs is 1. The topological polar surface area (TPSA) is 62.2 Å². The second kappa shape index (κ2) is 5.25. The van der Waals surface area contributed by atoms with Gasteiger partial charge in [-0.25, -0.2) is 4.98 Å². The van der Waals surface area contributed by atoms with E-state index in [1.807, 2.05) is 30.3 Å². The van der Waals surface area contributed by atoms with Crippen LogP contribution in [0.5, 0.6) is 5.75 Å². The zero-order valence-electron chi connectivity index (χ0n) is 11.4. The van der Waals surface area contributed by atoms with Crippen LogP contribution in [0.1, 0.15) is 10.4 Å². The van der Waals surface area contributed by atoms with Crippen LogP contribution in [0.2, 0.25) is 0 Å². The van der Waals surface area contributed by atoms with Gasteiger partial charge in [0.15, 0.2) is 0 Å². The van der Waals surface area contributed by atoms with E-state index in [-0.39, 0.29) is 5.56 Å². The molecule has 1 aromatic heterocycles. The van der Waals surface area contributed by atoms with Crippen molar-refractivity contribution in [3.05, 3.63) is 60.2 Å². The first-order valence-corrected chi connectivity index (χ1v) is 6.45. The Kier molecular flexibility index (Phi) is 3.28. The van der Waals surface area contributed by atoms with Gasteiger partial charge in [0.25, 0.3) is 0 Å². The number of aromatic carboxylic acids is 1. The van der Waals surface area contributed by atoms with E-state index in [2.05, 4.69) is 4.98 Å². The van der Waals surface area contributed by atoms with Gasteiger partial charge in [-0.3, -0.25) is 0 Å². The number of hydrogen-bond donors (Lipinski definition) is 0. The number of nitrogens with zero attached hydrogens (tertiary/aromatic N) is 1. The maximum absolute atomic E-state index is 11.4. The van der Waals surface area contributed by atoms with Crippen LogP contribution in [0.15, 0.2) is 54.6 Å². The summed E-state index contributed by atoms with van der Waals surface area (Å²) in [7, 11) is 1.57. The summed E-state index contributed by atoms with van der Waals surface area (Å²) < 4.78 is 5.31. The molecule has 0 amide bonds. The highest BCUT2D eigenvalue weighted by Gasteiger charge is 2.11. The van der Waals surface area contributed by atoms with Crippen molar-refractivity contribution in [2.24, 2.45) is 0 Å². The van der Waals surface area contributed by atoms with Gasteiger partial charge in [0.1, 0.15) is 5.75 Å². The molecular weight excluding hydrogens is 266 g/mol. The Labute approximate surface area is 121 Å². The molecule has 0 bridgehead atoms. The molecule has 0 unspecified atom stereocenters. The van der Waals surface area contributed by atoms with Crippen molar-refractivity contribution in [2.45, 2.75) is 0 Å². The lowest BCUT2D eigenvalue weighted by molar-refractivity contribution is -0.254. The molecule has 4 heteroatoms. The minimum absolute atomic E-state index is 0.126. The van der Waals surface area contributed by atoms with Gasteiger partial charge in [0, 0.05) is 16.5 Å². The number of carboxylic acids is 1. The first-order chi connectivity index (χ1) is 10.2. The average molecular weight is 278 g/mol. The highest BCUT2D eigenvalue weighted by atomic mass is 16.5. The summed E-state index contributed by atoms with van der Waals surface area (Å²) in [6.07, 6.45) is 0. The maximum atomic E-state index is 11.4. The highest BCUT2D eigenvalue weighted by molar-refractivity contribution is 6.03. The van der Waals surface area contributed by atoms with Crippen molar-refractivity contribution in [2.75, 3.05) is 7.11 Å². The second-order valence-electron chi connectivity index (χ2n) is 4.56. The molecule has 3 rings (SSSR count). The van der Waals surface area contributed by atoms with Crippen molar-refractivity contribution >= 4 is 16.9 Å². The normalized spacial score (nSPS) is 10.5. The number of pyridine rings is 1. The summed E-state index contributed by atoms with van der Waals surface area (Å²) in [5, 5.41) is 11.9. The van der Waals surface area contributed by atoms with Gasteiger partial charge in [-0.1, -0.05) is 30.3 Å². The average Bonchev–Trinajstić information content (AvgIpc) is 2.53. The number of carbonyl (C=O) groups is 1. The SMILES string of the molecule is COc1ccccc1-c1cc(C(=O)[O-])c2ccccc2n1.